The van der Waals surface area contributed by atoms with E-state index in [9.17, 15) is 24.6 Å². The number of aliphatic hydroxyl groups excluding tert-OH is 1. The van der Waals surface area contributed by atoms with Gasteiger partial charge in [0, 0.05) is 96.5 Å². The number of ether oxygens (including phenoxy) is 4. The third-order valence-corrected chi connectivity index (χ3v) is 14.8. The predicted octanol–water partition coefficient (Wildman–Crippen LogP) is 7.35. The molecule has 0 radical (unpaired) electrons. The highest BCUT2D eigenvalue weighted by Gasteiger charge is 2.48. The number of ketones is 2. The normalized spacial score (nSPS) is 20.4. The number of carbonyl (C=O) groups excluding carboxylic acids is 3. The van der Waals surface area contributed by atoms with Crippen molar-refractivity contribution in [3.63, 3.8) is 0 Å². The van der Waals surface area contributed by atoms with E-state index < -0.39 is 11.9 Å². The van der Waals surface area contributed by atoms with Crippen LogP contribution in [0.3, 0.4) is 0 Å². The molecule has 2 N–H and O–H groups in total. The fourth-order valence-electron chi connectivity index (χ4n) is 10.6. The van der Waals surface area contributed by atoms with Gasteiger partial charge in [0.25, 0.3) is 0 Å². The number of rotatable bonds is 14. The summed E-state index contributed by atoms with van der Waals surface area (Å²) in [6.07, 6.45) is 4.58. The van der Waals surface area contributed by atoms with Crippen LogP contribution in [0, 0.1) is 0 Å². The molecule has 0 saturated heterocycles. The Morgan fingerprint density at radius 3 is 1.98 bits per heavy atom. The Hall–Kier alpha value is -5.49. The van der Waals surface area contributed by atoms with E-state index in [1.54, 1.807) is 7.11 Å². The van der Waals surface area contributed by atoms with Gasteiger partial charge in [0.15, 0.2) is 5.78 Å². The molecule has 5 aliphatic rings. The van der Waals surface area contributed by atoms with Crippen LogP contribution < -0.4 is 29.5 Å². The number of nitrogens with zero attached hydrogens (tertiary/aromatic N) is 2. The van der Waals surface area contributed by atoms with Crippen molar-refractivity contribution in [3.8, 4) is 11.5 Å². The lowest BCUT2D eigenvalue weighted by Crippen LogP contribution is -2.54. The predicted molar refractivity (Wildman–Crippen MR) is 250 cm³/mol. The number of aromatic carboxylic acids is 1. The quantitative estimate of drug-likeness (QED) is 0.0724. The van der Waals surface area contributed by atoms with E-state index in [4.69, 9.17) is 18.9 Å². The number of Topliss-reactive ketones (excluding diaryl/α,β-unsaturated/α-hetero) is 2. The van der Waals surface area contributed by atoms with Gasteiger partial charge < -0.3 is 34.1 Å². The summed E-state index contributed by atoms with van der Waals surface area (Å²) in [7, 11) is 1.67. The smallest absolute Gasteiger partial charge is 0.339 e. The number of carbonyl (C=O) groups is 4. The lowest BCUT2D eigenvalue weighted by molar-refractivity contribution is -0.110. The molecule has 12 nitrogen and oxygen atoms in total. The molecule has 65 heavy (non-hydrogen) atoms. The minimum atomic E-state index is -1.34. The van der Waals surface area contributed by atoms with Crippen LogP contribution in [0.25, 0.3) is 11.1 Å². The van der Waals surface area contributed by atoms with Crippen molar-refractivity contribution in [2.75, 3.05) is 64.6 Å². The van der Waals surface area contributed by atoms with Crippen molar-refractivity contribution >= 4 is 40.3 Å². The molecular weight excluding hydrogens is 825 g/mol. The molecule has 8 rings (SSSR count). The summed E-state index contributed by atoms with van der Waals surface area (Å²) in [5, 5.41) is 24.0. The first-order valence-corrected chi connectivity index (χ1v) is 23.2. The van der Waals surface area contributed by atoms with Gasteiger partial charge in [0.1, 0.15) is 30.3 Å². The van der Waals surface area contributed by atoms with Gasteiger partial charge in [0.05, 0.1) is 47.7 Å². The largest absolute Gasteiger partial charge is 0.506 e. The third kappa shape index (κ3) is 7.93. The molecular formula is C53H65N2O10+. The van der Waals surface area contributed by atoms with Crippen LogP contribution in [-0.2, 0) is 35.9 Å². The highest BCUT2D eigenvalue weighted by Crippen LogP contribution is 2.56. The summed E-state index contributed by atoms with van der Waals surface area (Å²) >= 11 is 0. The van der Waals surface area contributed by atoms with Gasteiger partial charge in [-0.25, -0.2) is 14.2 Å². The zero-order valence-electron chi connectivity index (χ0n) is 39.8. The Bertz CT molecular complexity index is 2700. The minimum Gasteiger partial charge on any atom is -0.506 e. The fraction of sp³-hybridized carbons (Fsp3) is 0.528. The standard InChI is InChI=1S/C53H64N2O10/c1-30(56)31-13-14-32(33(27-31)48(59)60)49(61)65-26-12-25-64-47-35(29-37-43-41(47)53(8,9)18-22-55(43)20-16-51(37,4)5)39-44(57)38(45(39)58)34-28-36-42-40(46(34)63-24-11-23-62-10)52(6,7)17-21-54(42)19-15-50(36,2)3/h13-14,27-29H,11-12,15-26H2,1-10H3,(H-,57,58,59,60)/p+1. The van der Waals surface area contributed by atoms with Crippen molar-refractivity contribution < 1.29 is 48.3 Å². The number of carboxylic acid groups (broad SMARTS) is 1. The summed E-state index contributed by atoms with van der Waals surface area (Å²) in [6.45, 7) is 23.8. The molecule has 0 aromatic heterocycles. The molecule has 4 aliphatic heterocycles. The molecule has 3 aromatic rings. The average Bonchev–Trinajstić information content (AvgIpc) is 3.24. The Labute approximate surface area is 381 Å². The monoisotopic (exact) mass is 889 g/mol. The average molecular weight is 890 g/mol. The van der Waals surface area contributed by atoms with Gasteiger partial charge in [-0.15, -0.1) is 0 Å². The second-order valence-electron chi connectivity index (χ2n) is 21.1. The topological polar surface area (TPSA) is 152 Å². The van der Waals surface area contributed by atoms with E-state index in [-0.39, 0.29) is 86.5 Å². The van der Waals surface area contributed by atoms with Gasteiger partial charge in [-0.1, -0.05) is 61.5 Å². The van der Waals surface area contributed by atoms with Gasteiger partial charge in [-0.3, -0.25) is 9.59 Å². The van der Waals surface area contributed by atoms with Crippen LogP contribution in [0.5, 0.6) is 11.5 Å². The lowest BCUT2D eigenvalue weighted by atomic mass is 9.67. The van der Waals surface area contributed by atoms with E-state index in [1.165, 1.54) is 30.8 Å². The van der Waals surface area contributed by atoms with Crippen molar-refractivity contribution in [1.29, 1.82) is 0 Å². The molecule has 346 valence electrons. The second-order valence-corrected chi connectivity index (χ2v) is 21.1. The number of esters is 1. The van der Waals surface area contributed by atoms with Gasteiger partial charge in [-0.05, 0) is 60.4 Å². The first-order valence-electron chi connectivity index (χ1n) is 23.2. The number of benzene rings is 3. The number of hydrogen-bond donors (Lipinski definition) is 2. The summed E-state index contributed by atoms with van der Waals surface area (Å²) < 4.78 is 26.9. The number of allylic oxidation sites excluding steroid dienone is 2. The molecule has 0 bridgehead atoms. The van der Waals surface area contributed by atoms with Crippen molar-refractivity contribution in [1.82, 2.24) is 4.58 Å². The number of hydrogen-bond acceptors (Lipinski definition) is 10. The minimum absolute atomic E-state index is 0.0761. The molecule has 3 aromatic carbocycles. The number of anilines is 1. The maximum atomic E-state index is 15.2. The second kappa shape index (κ2) is 16.7. The number of methoxy groups -OCH3 is 1. The van der Waals surface area contributed by atoms with E-state index in [1.807, 2.05) is 0 Å². The van der Waals surface area contributed by atoms with Gasteiger partial charge in [0.2, 0.25) is 11.1 Å². The maximum absolute atomic E-state index is 15.2. The van der Waals surface area contributed by atoms with E-state index in [0.29, 0.717) is 41.9 Å². The van der Waals surface area contributed by atoms with Crippen molar-refractivity contribution in [3.05, 3.63) is 91.2 Å². The Morgan fingerprint density at radius 2 is 1.34 bits per heavy atom. The maximum Gasteiger partial charge on any atom is 0.339 e. The number of aliphatic hydroxyl groups is 1. The molecule has 12 heteroatoms. The Morgan fingerprint density at radius 1 is 0.723 bits per heavy atom. The van der Waals surface area contributed by atoms with Crippen molar-refractivity contribution in [2.24, 2.45) is 0 Å². The lowest BCUT2D eigenvalue weighted by Gasteiger charge is -2.49. The third-order valence-electron chi connectivity index (χ3n) is 14.8. The summed E-state index contributed by atoms with van der Waals surface area (Å²) in [5.41, 5.74) is 5.32. The molecule has 0 saturated carbocycles. The number of carboxylic acids is 1. The van der Waals surface area contributed by atoms with Crippen molar-refractivity contribution in [2.45, 2.75) is 122 Å². The first-order chi connectivity index (χ1) is 30.6. The molecule has 0 unspecified atom stereocenters. The van der Waals surface area contributed by atoms with Crippen LogP contribution in [0.1, 0.15) is 160 Å². The molecule has 0 spiro atoms. The summed E-state index contributed by atoms with van der Waals surface area (Å²) in [4.78, 5) is 54.7. The van der Waals surface area contributed by atoms with Gasteiger partial charge in [-0.2, -0.15) is 0 Å². The summed E-state index contributed by atoms with van der Waals surface area (Å²) in [6, 6.07) is 8.06. The highest BCUT2D eigenvalue weighted by atomic mass is 16.5. The first kappa shape index (κ1) is 46.1. The summed E-state index contributed by atoms with van der Waals surface area (Å²) in [5.74, 6) is -1.66. The molecule has 0 amide bonds. The van der Waals surface area contributed by atoms with Crippen LogP contribution >= 0.6 is 0 Å². The molecule has 4 heterocycles. The van der Waals surface area contributed by atoms with Gasteiger partial charge >= 0.3 is 11.9 Å². The van der Waals surface area contributed by atoms with Crippen LogP contribution in [0.15, 0.2) is 36.1 Å². The van der Waals surface area contributed by atoms with Crippen LogP contribution in [0.4, 0.5) is 5.69 Å². The SMILES string of the molecule is COCCCOc1c(C2=C(O)/C(=c3/cc4c5c(c3OCCCOC(=O)c3ccc(C(C)=O)cc3C(=O)O)C(C)(C)CC[N+]=5CCC4(C)C)C2=O)cc2c3c1C(C)(C)CCN3CCC2(C)C. The fourth-order valence-corrected chi connectivity index (χ4v) is 10.6. The molecule has 0 atom stereocenters. The molecule has 0 fully saturated rings. The Kier molecular flexibility index (Phi) is 11.9. The van der Waals surface area contributed by atoms with E-state index in [2.05, 4.69) is 77.0 Å². The molecule has 1 aliphatic carbocycles. The van der Waals surface area contributed by atoms with Crippen LogP contribution in [-0.4, -0.2) is 93.4 Å². The highest BCUT2D eigenvalue weighted by molar-refractivity contribution is 6.52. The van der Waals surface area contributed by atoms with E-state index in [0.717, 1.165) is 79.5 Å². The van der Waals surface area contributed by atoms with Crippen LogP contribution in [0.2, 0.25) is 0 Å². The Balaban J connectivity index is 1.25. The zero-order valence-corrected chi connectivity index (χ0v) is 39.8. The van der Waals surface area contributed by atoms with E-state index >= 15 is 4.79 Å². The zero-order chi connectivity index (χ0) is 47.0.